The molecule has 0 saturated heterocycles. The van der Waals surface area contributed by atoms with Gasteiger partial charge in [-0.15, -0.1) is 0 Å². The monoisotopic (exact) mass is 492 g/mol. The number of rotatable bonds is 5. The van der Waals surface area contributed by atoms with Crippen LogP contribution in [0.2, 0.25) is 0 Å². The molecule has 0 fully saturated rings. The van der Waals surface area contributed by atoms with Gasteiger partial charge in [0.25, 0.3) is 0 Å². The van der Waals surface area contributed by atoms with Crippen LogP contribution in [0.3, 0.4) is 0 Å². The van der Waals surface area contributed by atoms with E-state index in [0.717, 1.165) is 55.6 Å². The highest BCUT2D eigenvalue weighted by Gasteiger charge is 2.09. The first-order chi connectivity index (χ1) is 20.9. The number of para-hydroxylation sites is 1. The van der Waals surface area contributed by atoms with Crippen LogP contribution in [0.15, 0.2) is 150 Å². The standard InChI is InChI=1S/C36H25NO/c1-2-7-25(8-3-1)26-13-18-31(19-14-26)37-32-20-15-27(16-21-32)28-9-6-10-29(23-28)30-17-22-36-34(24-30)33-11-4-5-12-35(33)38-36/h1-24,37H/i1D,2D,3D,7D,8D. The van der Waals surface area contributed by atoms with Crippen molar-refractivity contribution in [1.82, 2.24) is 0 Å². The molecule has 0 amide bonds. The Balaban J connectivity index is 1.11. The fraction of sp³-hybridized carbons (Fsp3) is 0. The van der Waals surface area contributed by atoms with Crippen molar-refractivity contribution in [2.45, 2.75) is 0 Å². The Hall–Kier alpha value is -5.08. The lowest BCUT2D eigenvalue weighted by molar-refractivity contribution is 0.669. The van der Waals surface area contributed by atoms with Crippen LogP contribution in [0.1, 0.15) is 6.85 Å². The van der Waals surface area contributed by atoms with Gasteiger partial charge in [-0.3, -0.25) is 0 Å². The Kier molecular flexibility index (Phi) is 4.31. The summed E-state index contributed by atoms with van der Waals surface area (Å²) in [4.78, 5) is 0. The minimum atomic E-state index is -0.392. The lowest BCUT2D eigenvalue weighted by Gasteiger charge is -2.10. The summed E-state index contributed by atoms with van der Waals surface area (Å²) in [6.07, 6.45) is 0. The third-order valence-electron chi connectivity index (χ3n) is 6.75. The first-order valence-electron chi connectivity index (χ1n) is 14.9. The van der Waals surface area contributed by atoms with Crippen LogP contribution in [0.25, 0.3) is 55.3 Å². The SMILES string of the molecule is [2H]c1c([2H])c([2H])c(-c2ccc(Nc3ccc(-c4cccc(-c5ccc6oc7ccccc7c6c5)c4)cc3)cc2)c([2H])c1[2H]. The van der Waals surface area contributed by atoms with E-state index in [9.17, 15) is 0 Å². The molecule has 0 aliphatic carbocycles. The number of hydrogen-bond donors (Lipinski definition) is 1. The van der Waals surface area contributed by atoms with Gasteiger partial charge in [0.05, 0.1) is 6.85 Å². The molecule has 6 aromatic carbocycles. The largest absolute Gasteiger partial charge is 0.456 e. The third kappa shape index (κ3) is 4.23. The lowest BCUT2D eigenvalue weighted by Crippen LogP contribution is -1.90. The van der Waals surface area contributed by atoms with Gasteiger partial charge in [0.15, 0.2) is 0 Å². The zero-order chi connectivity index (χ0) is 29.7. The highest BCUT2D eigenvalue weighted by molar-refractivity contribution is 6.06. The normalized spacial score (nSPS) is 13.0. The van der Waals surface area contributed by atoms with E-state index in [1.165, 1.54) is 0 Å². The van der Waals surface area contributed by atoms with Gasteiger partial charge in [-0.05, 0) is 81.9 Å². The number of anilines is 2. The summed E-state index contributed by atoms with van der Waals surface area (Å²) in [5.74, 6) is 0. The molecule has 0 bridgehead atoms. The van der Waals surface area contributed by atoms with Crippen molar-refractivity contribution in [3.63, 3.8) is 0 Å². The van der Waals surface area contributed by atoms with Gasteiger partial charge in [-0.1, -0.05) is 96.9 Å². The van der Waals surface area contributed by atoms with E-state index in [0.29, 0.717) is 5.56 Å². The maximum Gasteiger partial charge on any atom is 0.135 e. The molecule has 0 aliphatic heterocycles. The van der Waals surface area contributed by atoms with Crippen LogP contribution in [0.5, 0.6) is 0 Å². The summed E-state index contributed by atoms with van der Waals surface area (Å²) >= 11 is 0. The Labute approximate surface area is 228 Å². The molecule has 0 radical (unpaired) electrons. The second kappa shape index (κ2) is 9.42. The minimum Gasteiger partial charge on any atom is -0.456 e. The highest BCUT2D eigenvalue weighted by Crippen LogP contribution is 2.34. The highest BCUT2D eigenvalue weighted by atomic mass is 16.3. The van der Waals surface area contributed by atoms with Gasteiger partial charge >= 0.3 is 0 Å². The maximum atomic E-state index is 8.22. The molecule has 7 rings (SSSR count). The van der Waals surface area contributed by atoms with E-state index in [4.69, 9.17) is 11.3 Å². The summed E-state index contributed by atoms with van der Waals surface area (Å²) in [6, 6.07) is 36.9. The topological polar surface area (TPSA) is 25.2 Å². The summed E-state index contributed by atoms with van der Waals surface area (Å²) in [5, 5.41) is 5.60. The molecule has 0 saturated carbocycles. The Morgan fingerprint density at radius 1 is 0.447 bits per heavy atom. The van der Waals surface area contributed by atoms with E-state index in [-0.39, 0.29) is 29.7 Å². The average Bonchev–Trinajstić information content (AvgIpc) is 3.42. The molecule has 2 heteroatoms. The molecule has 0 unspecified atom stereocenters. The van der Waals surface area contributed by atoms with E-state index >= 15 is 0 Å². The molecule has 2 nitrogen and oxygen atoms in total. The number of hydrogen-bond acceptors (Lipinski definition) is 2. The van der Waals surface area contributed by atoms with Crippen LogP contribution in [-0.4, -0.2) is 0 Å². The molecule has 180 valence electrons. The van der Waals surface area contributed by atoms with Crippen LogP contribution in [0.4, 0.5) is 11.4 Å². The molecule has 38 heavy (non-hydrogen) atoms. The van der Waals surface area contributed by atoms with Gasteiger partial charge < -0.3 is 9.73 Å². The van der Waals surface area contributed by atoms with Crippen LogP contribution < -0.4 is 5.32 Å². The van der Waals surface area contributed by atoms with Crippen LogP contribution in [0, 0.1) is 0 Å². The van der Waals surface area contributed by atoms with Gasteiger partial charge in [-0.25, -0.2) is 0 Å². The van der Waals surface area contributed by atoms with Gasteiger partial charge in [0.2, 0.25) is 0 Å². The van der Waals surface area contributed by atoms with Gasteiger partial charge in [-0.2, -0.15) is 0 Å². The number of nitrogens with one attached hydrogen (secondary N) is 1. The summed E-state index contributed by atoms with van der Waals surface area (Å²) in [5.41, 5.74) is 8.75. The number of fused-ring (bicyclic) bond motifs is 3. The van der Waals surface area contributed by atoms with Gasteiger partial charge in [0.1, 0.15) is 11.2 Å². The predicted molar refractivity (Wildman–Crippen MR) is 160 cm³/mol. The smallest absolute Gasteiger partial charge is 0.135 e. The lowest BCUT2D eigenvalue weighted by atomic mass is 9.98. The maximum absolute atomic E-state index is 8.22. The summed E-state index contributed by atoms with van der Waals surface area (Å²) in [6.45, 7) is 0. The predicted octanol–water partition coefficient (Wildman–Crippen LogP) is 10.3. The summed E-state index contributed by atoms with van der Waals surface area (Å²) < 4.78 is 46.1. The summed E-state index contributed by atoms with van der Waals surface area (Å²) in [7, 11) is 0. The van der Waals surface area contributed by atoms with E-state index < -0.39 is 6.04 Å². The van der Waals surface area contributed by atoms with Crippen molar-refractivity contribution in [3.05, 3.63) is 145 Å². The van der Waals surface area contributed by atoms with E-state index in [2.05, 4.69) is 59.9 Å². The average molecular weight is 493 g/mol. The van der Waals surface area contributed by atoms with E-state index in [1.807, 2.05) is 48.5 Å². The molecule has 0 spiro atoms. The zero-order valence-electron chi connectivity index (χ0n) is 25.4. The molecule has 1 N–H and O–H groups in total. The molecule has 7 aromatic rings. The third-order valence-corrected chi connectivity index (χ3v) is 6.75. The van der Waals surface area contributed by atoms with Crippen molar-refractivity contribution in [1.29, 1.82) is 0 Å². The molecular formula is C36H25NO. The second-order valence-electron chi connectivity index (χ2n) is 9.17. The quantitative estimate of drug-likeness (QED) is 0.258. The van der Waals surface area contributed by atoms with E-state index in [1.54, 1.807) is 12.1 Å². The fourth-order valence-corrected chi connectivity index (χ4v) is 4.81. The van der Waals surface area contributed by atoms with Crippen molar-refractivity contribution >= 4 is 33.3 Å². The Bertz CT molecular complexity index is 2120. The van der Waals surface area contributed by atoms with Crippen molar-refractivity contribution in [3.8, 4) is 33.4 Å². The molecule has 0 aliphatic rings. The Morgan fingerprint density at radius 3 is 1.76 bits per heavy atom. The molecule has 1 aromatic heterocycles. The fourth-order valence-electron chi connectivity index (χ4n) is 4.81. The van der Waals surface area contributed by atoms with Crippen LogP contribution in [-0.2, 0) is 0 Å². The van der Waals surface area contributed by atoms with Gasteiger partial charge in [0, 0.05) is 22.1 Å². The van der Waals surface area contributed by atoms with Crippen LogP contribution >= 0.6 is 0 Å². The number of furan rings is 1. The zero-order valence-corrected chi connectivity index (χ0v) is 20.4. The first-order valence-corrected chi connectivity index (χ1v) is 12.4. The number of benzene rings is 6. The van der Waals surface area contributed by atoms with Crippen molar-refractivity contribution < 1.29 is 11.3 Å². The Morgan fingerprint density at radius 2 is 1.03 bits per heavy atom. The van der Waals surface area contributed by atoms with Crippen molar-refractivity contribution in [2.24, 2.45) is 0 Å². The second-order valence-corrected chi connectivity index (χ2v) is 9.17. The molecule has 0 atom stereocenters. The molecule has 1 heterocycles. The van der Waals surface area contributed by atoms with Crippen molar-refractivity contribution in [2.75, 3.05) is 5.32 Å². The minimum absolute atomic E-state index is 0.196. The first kappa shape index (κ1) is 17.4. The molecular weight excluding hydrogens is 462 g/mol.